The molecule has 0 aromatic carbocycles. The van der Waals surface area contributed by atoms with Gasteiger partial charge in [-0.25, -0.2) is 13.1 Å². The minimum atomic E-state index is -3.81. The molecule has 1 rings (SSSR count). The van der Waals surface area contributed by atoms with Crippen LogP contribution >= 0.6 is 0 Å². The molecule has 0 aromatic heterocycles. The monoisotopic (exact) mass is 237 g/mol. The van der Waals surface area contributed by atoms with Crippen molar-refractivity contribution in [2.24, 2.45) is 0 Å². The first-order valence-corrected chi connectivity index (χ1v) is 6.25. The highest BCUT2D eigenvalue weighted by atomic mass is 32.2. The van der Waals surface area contributed by atoms with Crippen LogP contribution in [0.25, 0.3) is 0 Å². The predicted molar refractivity (Wildman–Crippen MR) is 53.0 cm³/mol. The summed E-state index contributed by atoms with van der Waals surface area (Å²) in [4.78, 5) is 10.6. The van der Waals surface area contributed by atoms with Crippen LogP contribution in [0.5, 0.6) is 0 Å². The van der Waals surface area contributed by atoms with Crippen molar-refractivity contribution in [3.05, 3.63) is 0 Å². The molecule has 15 heavy (non-hydrogen) atoms. The predicted octanol–water partition coefficient (Wildman–Crippen LogP) is -0.444. The van der Waals surface area contributed by atoms with Gasteiger partial charge >= 0.3 is 5.97 Å². The maximum absolute atomic E-state index is 11.5. The van der Waals surface area contributed by atoms with E-state index in [-0.39, 0.29) is 12.1 Å². The summed E-state index contributed by atoms with van der Waals surface area (Å²) < 4.78 is 30.6. The highest BCUT2D eigenvalue weighted by molar-refractivity contribution is 7.90. The molecule has 88 valence electrons. The standard InChI is InChI=1S/C8H15NO5S/c1-5-7(3-4-14-5)9-15(12,13)6(2)8(10)11/h5-7,9H,3-4H2,1-2H3,(H,10,11). The molecule has 0 saturated carbocycles. The van der Waals surface area contributed by atoms with Crippen LogP contribution in [0.2, 0.25) is 0 Å². The van der Waals surface area contributed by atoms with Crippen LogP contribution in [0.1, 0.15) is 20.3 Å². The van der Waals surface area contributed by atoms with Gasteiger partial charge < -0.3 is 9.84 Å². The topological polar surface area (TPSA) is 92.7 Å². The Morgan fingerprint density at radius 3 is 2.60 bits per heavy atom. The molecule has 7 heteroatoms. The fourth-order valence-corrected chi connectivity index (χ4v) is 2.53. The summed E-state index contributed by atoms with van der Waals surface area (Å²) in [5, 5.41) is 7.17. The molecular weight excluding hydrogens is 222 g/mol. The van der Waals surface area contributed by atoms with Crippen LogP contribution in [-0.2, 0) is 19.6 Å². The molecule has 1 aliphatic heterocycles. The molecule has 0 spiro atoms. The van der Waals surface area contributed by atoms with E-state index in [0.29, 0.717) is 13.0 Å². The van der Waals surface area contributed by atoms with Crippen LogP contribution in [0, 0.1) is 0 Å². The van der Waals surface area contributed by atoms with Crippen molar-refractivity contribution in [3.63, 3.8) is 0 Å². The molecule has 0 aromatic rings. The Kier molecular flexibility index (Phi) is 3.69. The molecule has 3 unspecified atom stereocenters. The Bertz CT molecular complexity index is 339. The van der Waals surface area contributed by atoms with Crippen LogP contribution in [0.3, 0.4) is 0 Å². The zero-order chi connectivity index (χ0) is 11.6. The summed E-state index contributed by atoms with van der Waals surface area (Å²) in [6, 6.07) is -0.322. The van der Waals surface area contributed by atoms with Crippen LogP contribution in [0.15, 0.2) is 0 Å². The van der Waals surface area contributed by atoms with Gasteiger partial charge in [-0.3, -0.25) is 4.79 Å². The third-order valence-electron chi connectivity index (χ3n) is 2.51. The van der Waals surface area contributed by atoms with Crippen LogP contribution < -0.4 is 4.72 Å². The first-order chi connectivity index (χ1) is 6.84. The fourth-order valence-electron chi connectivity index (χ4n) is 1.33. The Labute approximate surface area is 88.7 Å². The van der Waals surface area contributed by atoms with Gasteiger partial charge in [0.1, 0.15) is 0 Å². The van der Waals surface area contributed by atoms with Gasteiger partial charge in [0.15, 0.2) is 5.25 Å². The van der Waals surface area contributed by atoms with Crippen LogP contribution in [0.4, 0.5) is 0 Å². The van der Waals surface area contributed by atoms with Crippen LogP contribution in [-0.4, -0.2) is 43.5 Å². The van der Waals surface area contributed by atoms with Gasteiger partial charge in [0.05, 0.1) is 6.10 Å². The lowest BCUT2D eigenvalue weighted by Gasteiger charge is -2.17. The average molecular weight is 237 g/mol. The van der Waals surface area contributed by atoms with Crippen molar-refractivity contribution in [2.75, 3.05) is 6.61 Å². The normalized spacial score (nSPS) is 28.9. The molecular formula is C8H15NO5S. The van der Waals surface area contributed by atoms with Gasteiger partial charge in [0.2, 0.25) is 10.0 Å². The highest BCUT2D eigenvalue weighted by Crippen LogP contribution is 2.14. The van der Waals surface area contributed by atoms with Gasteiger partial charge in [-0.05, 0) is 20.3 Å². The molecule has 1 fully saturated rings. The number of carboxylic acids is 1. The van der Waals surface area contributed by atoms with Gasteiger partial charge in [0, 0.05) is 12.6 Å². The van der Waals surface area contributed by atoms with E-state index in [9.17, 15) is 13.2 Å². The largest absolute Gasteiger partial charge is 0.480 e. The molecule has 1 aliphatic rings. The van der Waals surface area contributed by atoms with E-state index in [1.165, 1.54) is 0 Å². The zero-order valence-electron chi connectivity index (χ0n) is 8.63. The lowest BCUT2D eigenvalue weighted by molar-refractivity contribution is -0.136. The molecule has 0 radical (unpaired) electrons. The quantitative estimate of drug-likeness (QED) is 0.691. The van der Waals surface area contributed by atoms with Crippen molar-refractivity contribution in [3.8, 4) is 0 Å². The van der Waals surface area contributed by atoms with Crippen molar-refractivity contribution in [1.29, 1.82) is 0 Å². The van der Waals surface area contributed by atoms with Gasteiger partial charge in [-0.15, -0.1) is 0 Å². The molecule has 6 nitrogen and oxygen atoms in total. The van der Waals surface area contributed by atoms with Crippen molar-refractivity contribution in [1.82, 2.24) is 4.72 Å². The minimum absolute atomic E-state index is 0.208. The number of ether oxygens (including phenoxy) is 1. The first kappa shape index (κ1) is 12.4. The van der Waals surface area contributed by atoms with Crippen molar-refractivity contribution >= 4 is 16.0 Å². The minimum Gasteiger partial charge on any atom is -0.480 e. The van der Waals surface area contributed by atoms with E-state index in [2.05, 4.69) is 4.72 Å². The Balaban J connectivity index is 2.68. The van der Waals surface area contributed by atoms with E-state index in [1.54, 1.807) is 6.92 Å². The lowest BCUT2D eigenvalue weighted by atomic mass is 10.2. The van der Waals surface area contributed by atoms with E-state index >= 15 is 0 Å². The summed E-state index contributed by atoms with van der Waals surface area (Å²) in [6.07, 6.45) is 0.369. The number of carbonyl (C=O) groups is 1. The fraction of sp³-hybridized carbons (Fsp3) is 0.875. The number of aliphatic carboxylic acids is 1. The maximum atomic E-state index is 11.5. The molecule has 0 amide bonds. The summed E-state index contributed by atoms with van der Waals surface area (Å²) in [7, 11) is -3.81. The average Bonchev–Trinajstić information content (AvgIpc) is 2.50. The summed E-state index contributed by atoms with van der Waals surface area (Å²) in [6.45, 7) is 3.40. The Morgan fingerprint density at radius 2 is 2.20 bits per heavy atom. The van der Waals surface area contributed by atoms with Crippen molar-refractivity contribution in [2.45, 2.75) is 37.7 Å². The lowest BCUT2D eigenvalue weighted by Crippen LogP contribution is -2.45. The number of rotatable bonds is 4. The third kappa shape index (κ3) is 2.90. The summed E-state index contributed by atoms with van der Waals surface area (Å²) >= 11 is 0. The second-order valence-corrected chi connectivity index (χ2v) is 5.65. The van der Waals surface area contributed by atoms with Gasteiger partial charge in [-0.1, -0.05) is 0 Å². The van der Waals surface area contributed by atoms with E-state index < -0.39 is 21.2 Å². The Hall–Kier alpha value is -0.660. The first-order valence-electron chi connectivity index (χ1n) is 4.70. The van der Waals surface area contributed by atoms with Gasteiger partial charge in [0.25, 0.3) is 0 Å². The number of hydrogen-bond donors (Lipinski definition) is 2. The van der Waals surface area contributed by atoms with E-state index in [1.807, 2.05) is 0 Å². The summed E-state index contributed by atoms with van der Waals surface area (Å²) in [5.41, 5.74) is 0. The van der Waals surface area contributed by atoms with E-state index in [4.69, 9.17) is 9.84 Å². The number of nitrogens with one attached hydrogen (secondary N) is 1. The molecule has 2 N–H and O–H groups in total. The third-order valence-corrected chi connectivity index (χ3v) is 4.27. The molecule has 0 aliphatic carbocycles. The number of sulfonamides is 1. The number of carboxylic acid groups (broad SMARTS) is 1. The summed E-state index contributed by atoms with van der Waals surface area (Å²) in [5.74, 6) is -1.35. The van der Waals surface area contributed by atoms with Gasteiger partial charge in [-0.2, -0.15) is 0 Å². The molecule has 1 heterocycles. The van der Waals surface area contributed by atoms with E-state index in [0.717, 1.165) is 6.92 Å². The second-order valence-electron chi connectivity index (χ2n) is 3.61. The second kappa shape index (κ2) is 4.46. The molecule has 0 bridgehead atoms. The highest BCUT2D eigenvalue weighted by Gasteiger charge is 2.34. The maximum Gasteiger partial charge on any atom is 0.323 e. The number of hydrogen-bond acceptors (Lipinski definition) is 4. The zero-order valence-corrected chi connectivity index (χ0v) is 9.45. The molecule has 3 atom stereocenters. The molecule has 1 saturated heterocycles. The van der Waals surface area contributed by atoms with Crippen molar-refractivity contribution < 1.29 is 23.1 Å². The smallest absolute Gasteiger partial charge is 0.323 e. The SMILES string of the molecule is CC1OCCC1NS(=O)(=O)C(C)C(=O)O. The Morgan fingerprint density at radius 1 is 1.60 bits per heavy atom.